The minimum atomic E-state index is -3.51. The lowest BCUT2D eigenvalue weighted by molar-refractivity contribution is -0.140. The van der Waals surface area contributed by atoms with Crippen molar-refractivity contribution in [2.24, 2.45) is 5.92 Å². The fourth-order valence-corrected chi connectivity index (χ4v) is 4.13. The van der Waals surface area contributed by atoms with E-state index in [0.717, 1.165) is 19.3 Å². The molecule has 2 unspecified atom stereocenters. The lowest BCUT2D eigenvalue weighted by atomic mass is 10.0. The standard InChI is InChI=1S/C12H23NO4S/c1-3-9(2)11(12(14)15)13-18(16,17)10-7-5-4-6-8-10/h9-11,13H,3-8H2,1-2H3,(H,14,15). The van der Waals surface area contributed by atoms with Crippen LogP contribution >= 0.6 is 0 Å². The highest BCUT2D eigenvalue weighted by molar-refractivity contribution is 7.90. The zero-order valence-corrected chi connectivity index (χ0v) is 11.9. The Morgan fingerprint density at radius 1 is 1.33 bits per heavy atom. The van der Waals surface area contributed by atoms with Gasteiger partial charge in [0.25, 0.3) is 0 Å². The lowest BCUT2D eigenvalue weighted by Crippen LogP contribution is -2.48. The quantitative estimate of drug-likeness (QED) is 0.774. The molecule has 5 nitrogen and oxygen atoms in total. The van der Waals surface area contributed by atoms with Crippen molar-refractivity contribution in [3.8, 4) is 0 Å². The van der Waals surface area contributed by atoms with E-state index in [1.807, 2.05) is 6.92 Å². The molecule has 0 aliphatic heterocycles. The van der Waals surface area contributed by atoms with Crippen LogP contribution in [-0.2, 0) is 14.8 Å². The number of carboxylic acids is 1. The second-order valence-corrected chi connectivity index (χ2v) is 7.12. The number of hydrogen-bond acceptors (Lipinski definition) is 3. The van der Waals surface area contributed by atoms with Crippen LogP contribution < -0.4 is 4.72 Å². The van der Waals surface area contributed by atoms with Gasteiger partial charge in [0.15, 0.2) is 0 Å². The number of sulfonamides is 1. The van der Waals surface area contributed by atoms with Crippen LogP contribution in [0.3, 0.4) is 0 Å². The third-order valence-corrected chi connectivity index (χ3v) is 5.69. The average Bonchev–Trinajstić information content (AvgIpc) is 2.36. The molecular formula is C12H23NO4S. The van der Waals surface area contributed by atoms with Crippen molar-refractivity contribution in [2.45, 2.75) is 63.7 Å². The molecule has 0 aromatic heterocycles. The molecule has 18 heavy (non-hydrogen) atoms. The Kier molecular flexibility index (Phi) is 5.59. The summed E-state index contributed by atoms with van der Waals surface area (Å²) in [6, 6.07) is -1.01. The van der Waals surface area contributed by atoms with Crippen LogP contribution in [0.5, 0.6) is 0 Å². The summed E-state index contributed by atoms with van der Waals surface area (Å²) in [4.78, 5) is 11.1. The summed E-state index contributed by atoms with van der Waals surface area (Å²) in [7, 11) is -3.51. The molecule has 1 saturated carbocycles. The Labute approximate surface area is 109 Å². The highest BCUT2D eigenvalue weighted by Gasteiger charge is 2.33. The SMILES string of the molecule is CCC(C)C(NS(=O)(=O)C1CCCCC1)C(=O)O. The Bertz CT molecular complexity index is 374. The fraction of sp³-hybridized carbons (Fsp3) is 0.917. The minimum absolute atomic E-state index is 0.208. The topological polar surface area (TPSA) is 83.5 Å². The van der Waals surface area contributed by atoms with Gasteiger partial charge >= 0.3 is 5.97 Å². The molecule has 0 aromatic carbocycles. The highest BCUT2D eigenvalue weighted by atomic mass is 32.2. The molecular weight excluding hydrogens is 254 g/mol. The monoisotopic (exact) mass is 277 g/mol. The molecule has 0 heterocycles. The highest BCUT2D eigenvalue weighted by Crippen LogP contribution is 2.24. The van der Waals surface area contributed by atoms with Crippen molar-refractivity contribution in [2.75, 3.05) is 0 Å². The molecule has 1 aliphatic rings. The van der Waals surface area contributed by atoms with Gasteiger partial charge in [-0.05, 0) is 18.8 Å². The second-order valence-electron chi connectivity index (χ2n) is 5.12. The zero-order valence-electron chi connectivity index (χ0n) is 11.1. The van der Waals surface area contributed by atoms with Crippen molar-refractivity contribution in [1.82, 2.24) is 4.72 Å². The van der Waals surface area contributed by atoms with E-state index in [0.29, 0.717) is 19.3 Å². The summed E-state index contributed by atoms with van der Waals surface area (Å²) in [5, 5.41) is 8.69. The van der Waals surface area contributed by atoms with Gasteiger partial charge in [-0.1, -0.05) is 39.5 Å². The fourth-order valence-electron chi connectivity index (χ4n) is 2.29. The van der Waals surface area contributed by atoms with E-state index in [1.54, 1.807) is 6.92 Å². The van der Waals surface area contributed by atoms with E-state index in [9.17, 15) is 13.2 Å². The number of carboxylic acid groups (broad SMARTS) is 1. The van der Waals surface area contributed by atoms with Gasteiger partial charge in [0, 0.05) is 0 Å². The maximum absolute atomic E-state index is 12.1. The molecule has 1 aliphatic carbocycles. The van der Waals surface area contributed by atoms with E-state index in [4.69, 9.17) is 5.11 Å². The first-order valence-corrected chi connectivity index (χ1v) is 8.17. The number of rotatable bonds is 6. The molecule has 106 valence electrons. The van der Waals surface area contributed by atoms with Gasteiger partial charge in [0.2, 0.25) is 10.0 Å². The molecule has 1 rings (SSSR count). The van der Waals surface area contributed by atoms with Crippen LogP contribution in [0, 0.1) is 5.92 Å². The largest absolute Gasteiger partial charge is 0.480 e. The van der Waals surface area contributed by atoms with Gasteiger partial charge in [-0.15, -0.1) is 0 Å². The average molecular weight is 277 g/mol. The van der Waals surface area contributed by atoms with E-state index in [2.05, 4.69) is 4.72 Å². The number of hydrogen-bond donors (Lipinski definition) is 2. The summed E-state index contributed by atoms with van der Waals surface area (Å²) in [6.07, 6.45) is 4.80. The van der Waals surface area contributed by atoms with Crippen molar-refractivity contribution in [1.29, 1.82) is 0 Å². The number of nitrogens with one attached hydrogen (secondary N) is 1. The Morgan fingerprint density at radius 3 is 2.33 bits per heavy atom. The van der Waals surface area contributed by atoms with Crippen molar-refractivity contribution < 1.29 is 18.3 Å². The summed E-state index contributed by atoms with van der Waals surface area (Å²) in [5.74, 6) is -1.30. The van der Waals surface area contributed by atoms with Crippen LogP contribution in [0.4, 0.5) is 0 Å². The van der Waals surface area contributed by atoms with E-state index in [-0.39, 0.29) is 5.92 Å². The summed E-state index contributed by atoms with van der Waals surface area (Å²) >= 11 is 0. The van der Waals surface area contributed by atoms with E-state index in [1.165, 1.54) is 0 Å². The van der Waals surface area contributed by atoms with Crippen LogP contribution in [0.2, 0.25) is 0 Å². The van der Waals surface area contributed by atoms with Crippen LogP contribution in [0.1, 0.15) is 52.4 Å². The first kappa shape index (κ1) is 15.4. The minimum Gasteiger partial charge on any atom is -0.480 e. The molecule has 2 atom stereocenters. The first-order valence-electron chi connectivity index (χ1n) is 6.62. The number of aliphatic carboxylic acids is 1. The molecule has 0 saturated heterocycles. The van der Waals surface area contributed by atoms with E-state index >= 15 is 0 Å². The van der Waals surface area contributed by atoms with Crippen LogP contribution in [0.15, 0.2) is 0 Å². The van der Waals surface area contributed by atoms with Gasteiger partial charge in [0.1, 0.15) is 6.04 Å². The third kappa shape index (κ3) is 3.95. The van der Waals surface area contributed by atoms with Crippen molar-refractivity contribution >= 4 is 16.0 Å². The van der Waals surface area contributed by atoms with Gasteiger partial charge in [-0.3, -0.25) is 4.79 Å². The molecule has 0 aromatic rings. The molecule has 0 amide bonds. The second kappa shape index (κ2) is 6.52. The maximum Gasteiger partial charge on any atom is 0.322 e. The summed E-state index contributed by atoms with van der Waals surface area (Å²) in [5.41, 5.74) is 0. The van der Waals surface area contributed by atoms with Gasteiger partial charge in [0.05, 0.1) is 5.25 Å². The summed E-state index contributed by atoms with van der Waals surface area (Å²) in [6.45, 7) is 3.61. The predicted octanol–water partition coefficient (Wildman–Crippen LogP) is 1.74. The van der Waals surface area contributed by atoms with Gasteiger partial charge in [-0.2, -0.15) is 0 Å². The van der Waals surface area contributed by atoms with Crippen LogP contribution in [-0.4, -0.2) is 30.8 Å². The third-order valence-electron chi connectivity index (χ3n) is 3.76. The molecule has 0 radical (unpaired) electrons. The smallest absolute Gasteiger partial charge is 0.322 e. The van der Waals surface area contributed by atoms with Crippen molar-refractivity contribution in [3.63, 3.8) is 0 Å². The molecule has 6 heteroatoms. The molecule has 0 bridgehead atoms. The molecule has 2 N–H and O–H groups in total. The van der Waals surface area contributed by atoms with E-state index < -0.39 is 27.3 Å². The maximum atomic E-state index is 12.1. The molecule has 0 spiro atoms. The molecule has 1 fully saturated rings. The Morgan fingerprint density at radius 2 is 1.89 bits per heavy atom. The number of carbonyl (C=O) groups is 1. The van der Waals surface area contributed by atoms with Gasteiger partial charge < -0.3 is 5.11 Å². The Balaban J connectivity index is 2.75. The van der Waals surface area contributed by atoms with Crippen LogP contribution in [0.25, 0.3) is 0 Å². The summed E-state index contributed by atoms with van der Waals surface area (Å²) < 4.78 is 26.7. The van der Waals surface area contributed by atoms with Crippen molar-refractivity contribution in [3.05, 3.63) is 0 Å². The first-order chi connectivity index (χ1) is 8.38. The Hall–Kier alpha value is -0.620. The normalized spacial score (nSPS) is 21.4. The predicted molar refractivity (Wildman–Crippen MR) is 69.8 cm³/mol. The lowest BCUT2D eigenvalue weighted by Gasteiger charge is -2.26. The zero-order chi connectivity index (χ0) is 13.8. The van der Waals surface area contributed by atoms with Gasteiger partial charge in [-0.25, -0.2) is 13.1 Å².